The Morgan fingerprint density at radius 3 is 2.89 bits per heavy atom. The highest BCUT2D eigenvalue weighted by Gasteiger charge is 2.14. The number of carbonyl (C=O) groups is 1. The minimum absolute atomic E-state index is 0.0828. The number of hydrogen-bond acceptors (Lipinski definition) is 3. The van der Waals surface area contributed by atoms with Crippen molar-refractivity contribution in [3.63, 3.8) is 0 Å². The lowest BCUT2D eigenvalue weighted by Gasteiger charge is -2.07. The molecule has 0 amide bonds. The number of carbonyl (C=O) groups excluding carboxylic acids is 1. The van der Waals surface area contributed by atoms with Crippen LogP contribution >= 0.6 is 11.6 Å². The van der Waals surface area contributed by atoms with E-state index in [2.05, 4.69) is 4.98 Å². The molecular weight excluding hydrogens is 269 g/mol. The first kappa shape index (κ1) is 13.5. The van der Waals surface area contributed by atoms with Crippen LogP contribution in [0, 0.1) is 5.82 Å². The summed E-state index contributed by atoms with van der Waals surface area (Å²) >= 11 is 5.90. The highest BCUT2D eigenvalue weighted by molar-refractivity contribution is 6.31. The zero-order valence-corrected chi connectivity index (χ0v) is 10.9. The average molecular weight is 280 g/mol. The molecule has 1 heterocycles. The molecule has 2 rings (SSSR count). The van der Waals surface area contributed by atoms with Crippen molar-refractivity contribution in [1.29, 1.82) is 0 Å². The molecule has 0 atom stereocenters. The minimum Gasteiger partial charge on any atom is -0.494 e. The predicted molar refractivity (Wildman–Crippen MR) is 70.2 cm³/mol. The van der Waals surface area contributed by atoms with E-state index in [1.165, 1.54) is 37.7 Å². The molecule has 5 heteroatoms. The van der Waals surface area contributed by atoms with E-state index in [1.807, 2.05) is 0 Å². The summed E-state index contributed by atoms with van der Waals surface area (Å²) in [6, 6.07) is 5.55. The van der Waals surface area contributed by atoms with E-state index < -0.39 is 5.82 Å². The van der Waals surface area contributed by atoms with Crippen LogP contribution in [0.25, 0.3) is 0 Å². The summed E-state index contributed by atoms with van der Waals surface area (Å²) in [7, 11) is 1.47. The molecule has 0 bridgehead atoms. The first-order valence-electron chi connectivity index (χ1n) is 5.57. The molecule has 0 saturated carbocycles. The number of rotatable bonds is 4. The first-order chi connectivity index (χ1) is 9.11. The summed E-state index contributed by atoms with van der Waals surface area (Å²) in [6.07, 6.45) is 3.07. The van der Waals surface area contributed by atoms with Gasteiger partial charge in [0.1, 0.15) is 11.6 Å². The number of hydrogen-bond donors (Lipinski definition) is 0. The number of benzene rings is 1. The molecule has 0 saturated heterocycles. The van der Waals surface area contributed by atoms with E-state index in [4.69, 9.17) is 16.3 Å². The van der Waals surface area contributed by atoms with Crippen LogP contribution in [0.1, 0.15) is 15.9 Å². The fourth-order valence-electron chi connectivity index (χ4n) is 1.71. The van der Waals surface area contributed by atoms with Gasteiger partial charge in [-0.25, -0.2) is 4.39 Å². The zero-order valence-electron chi connectivity index (χ0n) is 10.2. The van der Waals surface area contributed by atoms with Gasteiger partial charge in [0.2, 0.25) is 0 Å². The molecule has 1 aromatic carbocycles. The number of pyridine rings is 1. The highest BCUT2D eigenvalue weighted by atomic mass is 35.5. The largest absolute Gasteiger partial charge is 0.494 e. The van der Waals surface area contributed by atoms with Crippen molar-refractivity contribution < 1.29 is 13.9 Å². The number of aromatic nitrogens is 1. The standard InChI is InChI=1S/C14H11ClFNO2/c1-19-14-8-17-5-4-11(14)13(18)6-9-2-3-10(16)7-12(9)15/h2-5,7-8H,6H2,1H3. The maximum absolute atomic E-state index is 12.9. The second kappa shape index (κ2) is 5.80. The maximum Gasteiger partial charge on any atom is 0.171 e. The summed E-state index contributed by atoms with van der Waals surface area (Å²) in [5.41, 5.74) is 1.00. The third-order valence-electron chi connectivity index (χ3n) is 2.67. The van der Waals surface area contributed by atoms with Crippen LogP contribution in [-0.2, 0) is 6.42 Å². The molecule has 0 fully saturated rings. The van der Waals surface area contributed by atoms with Gasteiger partial charge in [0, 0.05) is 17.6 Å². The van der Waals surface area contributed by atoms with Gasteiger partial charge in [-0.15, -0.1) is 0 Å². The molecule has 98 valence electrons. The van der Waals surface area contributed by atoms with Gasteiger partial charge < -0.3 is 4.74 Å². The Labute approximate surface area is 115 Å². The van der Waals surface area contributed by atoms with Gasteiger partial charge in [-0.3, -0.25) is 9.78 Å². The van der Waals surface area contributed by atoms with Gasteiger partial charge in [-0.2, -0.15) is 0 Å². The van der Waals surface area contributed by atoms with E-state index in [0.717, 1.165) is 0 Å². The topological polar surface area (TPSA) is 39.2 Å². The third-order valence-corrected chi connectivity index (χ3v) is 3.02. The van der Waals surface area contributed by atoms with Crippen molar-refractivity contribution in [3.8, 4) is 5.75 Å². The van der Waals surface area contributed by atoms with Gasteiger partial charge >= 0.3 is 0 Å². The molecule has 0 aliphatic carbocycles. The van der Waals surface area contributed by atoms with Crippen molar-refractivity contribution in [2.24, 2.45) is 0 Å². The predicted octanol–water partition coefficient (Wildman–Crippen LogP) is 3.31. The summed E-state index contributed by atoms with van der Waals surface area (Å²) in [6.45, 7) is 0. The van der Waals surface area contributed by atoms with Gasteiger partial charge in [0.05, 0.1) is 18.9 Å². The van der Waals surface area contributed by atoms with E-state index in [1.54, 1.807) is 6.07 Å². The fourth-order valence-corrected chi connectivity index (χ4v) is 1.94. The Morgan fingerprint density at radius 1 is 1.42 bits per heavy atom. The highest BCUT2D eigenvalue weighted by Crippen LogP contribution is 2.22. The van der Waals surface area contributed by atoms with Crippen molar-refractivity contribution in [1.82, 2.24) is 4.98 Å². The number of ether oxygens (including phenoxy) is 1. The molecule has 0 N–H and O–H groups in total. The van der Waals surface area contributed by atoms with Gasteiger partial charge in [-0.1, -0.05) is 17.7 Å². The first-order valence-corrected chi connectivity index (χ1v) is 5.94. The van der Waals surface area contributed by atoms with Crippen LogP contribution in [-0.4, -0.2) is 17.9 Å². The number of halogens is 2. The van der Waals surface area contributed by atoms with Crippen LogP contribution < -0.4 is 4.74 Å². The van der Waals surface area contributed by atoms with E-state index in [0.29, 0.717) is 16.9 Å². The fraction of sp³-hybridized carbons (Fsp3) is 0.143. The van der Waals surface area contributed by atoms with Crippen molar-refractivity contribution in [2.75, 3.05) is 7.11 Å². The lowest BCUT2D eigenvalue weighted by atomic mass is 10.0. The Morgan fingerprint density at radius 2 is 2.21 bits per heavy atom. The maximum atomic E-state index is 12.9. The lowest BCUT2D eigenvalue weighted by molar-refractivity contribution is 0.0990. The number of nitrogens with zero attached hydrogens (tertiary/aromatic N) is 1. The normalized spacial score (nSPS) is 10.3. The molecule has 19 heavy (non-hydrogen) atoms. The molecule has 0 spiro atoms. The molecule has 0 radical (unpaired) electrons. The zero-order chi connectivity index (χ0) is 13.8. The van der Waals surface area contributed by atoms with Crippen molar-refractivity contribution in [3.05, 3.63) is 58.6 Å². The van der Waals surface area contributed by atoms with Crippen LogP contribution in [0.15, 0.2) is 36.7 Å². The second-order valence-corrected chi connectivity index (χ2v) is 4.32. The number of ketones is 1. The molecular formula is C14H11ClFNO2. The Bertz CT molecular complexity index is 616. The summed E-state index contributed by atoms with van der Waals surface area (Å²) in [5, 5.41) is 0.237. The SMILES string of the molecule is COc1cnccc1C(=O)Cc1ccc(F)cc1Cl. The molecule has 0 unspecified atom stereocenters. The second-order valence-electron chi connectivity index (χ2n) is 3.91. The number of methoxy groups -OCH3 is 1. The van der Waals surface area contributed by atoms with Gasteiger partial charge in [0.15, 0.2) is 5.78 Å². The van der Waals surface area contributed by atoms with E-state index >= 15 is 0 Å². The Balaban J connectivity index is 2.26. The molecule has 0 aliphatic rings. The molecule has 3 nitrogen and oxygen atoms in total. The smallest absolute Gasteiger partial charge is 0.171 e. The lowest BCUT2D eigenvalue weighted by Crippen LogP contribution is -2.06. The summed E-state index contributed by atoms with van der Waals surface area (Å²) < 4.78 is 18.0. The Hall–Kier alpha value is -1.94. The van der Waals surface area contributed by atoms with Crippen LogP contribution in [0.4, 0.5) is 4.39 Å². The minimum atomic E-state index is -0.428. The average Bonchev–Trinajstić information content (AvgIpc) is 2.41. The quantitative estimate of drug-likeness (QED) is 0.806. The van der Waals surface area contributed by atoms with E-state index in [-0.39, 0.29) is 17.2 Å². The monoisotopic (exact) mass is 279 g/mol. The number of Topliss-reactive ketones (excluding diaryl/α,β-unsaturated/α-hetero) is 1. The van der Waals surface area contributed by atoms with Crippen LogP contribution in [0.5, 0.6) is 5.75 Å². The van der Waals surface area contributed by atoms with E-state index in [9.17, 15) is 9.18 Å². The summed E-state index contributed by atoms with van der Waals surface area (Å²) in [4.78, 5) is 16.1. The van der Waals surface area contributed by atoms with Crippen molar-refractivity contribution in [2.45, 2.75) is 6.42 Å². The third kappa shape index (κ3) is 3.09. The Kier molecular flexibility index (Phi) is 4.12. The van der Waals surface area contributed by atoms with Gasteiger partial charge in [0.25, 0.3) is 0 Å². The van der Waals surface area contributed by atoms with Crippen molar-refractivity contribution >= 4 is 17.4 Å². The molecule has 1 aromatic heterocycles. The molecule has 2 aromatic rings. The van der Waals surface area contributed by atoms with Gasteiger partial charge in [-0.05, 0) is 23.8 Å². The van der Waals surface area contributed by atoms with Crippen LogP contribution in [0.2, 0.25) is 5.02 Å². The molecule has 0 aliphatic heterocycles. The van der Waals surface area contributed by atoms with Crippen LogP contribution in [0.3, 0.4) is 0 Å². The summed E-state index contributed by atoms with van der Waals surface area (Å²) in [5.74, 6) is -0.179.